The lowest BCUT2D eigenvalue weighted by Crippen LogP contribution is -2.32. The second kappa shape index (κ2) is 3.42. The molecule has 3 N–H and O–H groups in total. The lowest BCUT2D eigenvalue weighted by Gasteiger charge is -2.07. The highest BCUT2D eigenvalue weighted by Gasteiger charge is 2.16. The van der Waals surface area contributed by atoms with Gasteiger partial charge in [0, 0.05) is 18.7 Å². The zero-order valence-electron chi connectivity index (χ0n) is 7.39. The summed E-state index contributed by atoms with van der Waals surface area (Å²) in [6.45, 7) is 0.781. The number of nitrogens with two attached hydrogens (primary N) is 1. The Kier molecular flexibility index (Phi) is 2.25. The Morgan fingerprint density at radius 3 is 2.86 bits per heavy atom. The molecule has 0 bridgehead atoms. The summed E-state index contributed by atoms with van der Waals surface area (Å²) in [5, 5.41) is 2.89. The van der Waals surface area contributed by atoms with Gasteiger partial charge in [-0.15, -0.1) is 0 Å². The summed E-state index contributed by atoms with van der Waals surface area (Å²) < 4.78 is 30.9. The quantitative estimate of drug-likeness (QED) is 0.659. The maximum atomic E-state index is 12.8. The molecule has 76 valence electrons. The molecule has 3 nitrogen and oxygen atoms in total. The van der Waals surface area contributed by atoms with Crippen molar-refractivity contribution >= 4 is 5.69 Å². The Balaban J connectivity index is 2.36. The molecule has 0 spiro atoms. The molecule has 1 atom stereocenters. The van der Waals surface area contributed by atoms with Crippen LogP contribution in [0.5, 0.6) is 5.75 Å². The van der Waals surface area contributed by atoms with Crippen LogP contribution in [0.1, 0.15) is 0 Å². The average molecular weight is 200 g/mol. The predicted octanol–water partition coefficient (Wildman–Crippen LogP) is 1.10. The van der Waals surface area contributed by atoms with Crippen molar-refractivity contribution in [1.82, 2.24) is 0 Å². The molecule has 5 heteroatoms. The van der Waals surface area contributed by atoms with Crippen molar-refractivity contribution in [3.8, 4) is 5.75 Å². The summed E-state index contributed by atoms with van der Waals surface area (Å²) in [7, 11) is 0. The number of hydrogen-bond acceptors (Lipinski definition) is 3. The van der Waals surface area contributed by atoms with E-state index < -0.39 is 11.6 Å². The van der Waals surface area contributed by atoms with Gasteiger partial charge in [-0.1, -0.05) is 0 Å². The molecule has 1 unspecified atom stereocenters. The Labute approximate surface area is 79.9 Å². The normalized spacial score (nSPS) is 20.4. The van der Waals surface area contributed by atoms with Crippen LogP contribution >= 0.6 is 0 Å². The minimum absolute atomic E-state index is 0.173. The Hall–Kier alpha value is -1.36. The third-order valence-corrected chi connectivity index (χ3v) is 2.03. The van der Waals surface area contributed by atoms with Gasteiger partial charge in [0.25, 0.3) is 0 Å². The molecule has 0 amide bonds. The lowest BCUT2D eigenvalue weighted by atomic mass is 10.2. The third kappa shape index (κ3) is 1.63. The number of fused-ring (bicyclic) bond motifs is 1. The van der Waals surface area contributed by atoms with Crippen LogP contribution in [0, 0.1) is 11.6 Å². The van der Waals surface area contributed by atoms with Gasteiger partial charge in [-0.3, -0.25) is 0 Å². The van der Waals surface area contributed by atoms with E-state index in [2.05, 4.69) is 5.32 Å². The Morgan fingerprint density at radius 1 is 1.36 bits per heavy atom. The van der Waals surface area contributed by atoms with Crippen molar-refractivity contribution in [2.75, 3.05) is 18.5 Å². The van der Waals surface area contributed by atoms with Gasteiger partial charge in [-0.25, -0.2) is 8.78 Å². The van der Waals surface area contributed by atoms with Gasteiger partial charge in [0.15, 0.2) is 11.6 Å². The van der Waals surface area contributed by atoms with E-state index in [0.29, 0.717) is 24.6 Å². The summed E-state index contributed by atoms with van der Waals surface area (Å²) in [5.74, 6) is -1.51. The van der Waals surface area contributed by atoms with E-state index in [9.17, 15) is 8.78 Å². The minimum Gasteiger partial charge on any atom is -0.490 e. The second-order valence-corrected chi connectivity index (χ2v) is 3.21. The van der Waals surface area contributed by atoms with E-state index in [1.165, 1.54) is 0 Å². The van der Waals surface area contributed by atoms with Crippen LogP contribution in [0.4, 0.5) is 14.5 Å². The largest absolute Gasteiger partial charge is 0.490 e. The monoisotopic (exact) mass is 200 g/mol. The SMILES string of the molecule is NC1CNc2cc(F)c(F)cc2OC1. The maximum absolute atomic E-state index is 12.8. The van der Waals surface area contributed by atoms with E-state index >= 15 is 0 Å². The highest BCUT2D eigenvalue weighted by molar-refractivity contribution is 5.57. The lowest BCUT2D eigenvalue weighted by molar-refractivity contribution is 0.299. The zero-order chi connectivity index (χ0) is 10.1. The summed E-state index contributed by atoms with van der Waals surface area (Å²) >= 11 is 0. The summed E-state index contributed by atoms with van der Waals surface area (Å²) in [6.07, 6.45) is 0. The van der Waals surface area contributed by atoms with Crippen molar-refractivity contribution in [2.24, 2.45) is 5.73 Å². The fourth-order valence-electron chi connectivity index (χ4n) is 1.28. The molecule has 0 aromatic heterocycles. The Bertz CT molecular complexity index is 324. The number of halogens is 2. The third-order valence-electron chi connectivity index (χ3n) is 2.03. The number of benzene rings is 1. The van der Waals surface area contributed by atoms with E-state index in [1.807, 2.05) is 0 Å². The van der Waals surface area contributed by atoms with Crippen LogP contribution in [0.3, 0.4) is 0 Å². The maximum Gasteiger partial charge on any atom is 0.162 e. The van der Waals surface area contributed by atoms with Crippen molar-refractivity contribution in [3.05, 3.63) is 23.8 Å². The number of anilines is 1. The first kappa shape index (κ1) is 9.21. The topological polar surface area (TPSA) is 47.3 Å². The number of ether oxygens (including phenoxy) is 1. The van der Waals surface area contributed by atoms with Crippen LogP contribution in [-0.2, 0) is 0 Å². The molecule has 0 fully saturated rings. The summed E-state index contributed by atoms with van der Waals surface area (Å²) in [5.41, 5.74) is 6.06. The van der Waals surface area contributed by atoms with Crippen LogP contribution in [0.15, 0.2) is 12.1 Å². The molecule has 2 rings (SSSR count). The molecule has 0 radical (unpaired) electrons. The first-order valence-corrected chi connectivity index (χ1v) is 4.28. The van der Waals surface area contributed by atoms with Gasteiger partial charge in [-0.2, -0.15) is 0 Å². The van der Waals surface area contributed by atoms with Crippen molar-refractivity contribution in [3.63, 3.8) is 0 Å². The van der Waals surface area contributed by atoms with E-state index in [-0.39, 0.29) is 6.04 Å². The molecule has 1 aliphatic heterocycles. The van der Waals surface area contributed by atoms with Gasteiger partial charge in [-0.05, 0) is 0 Å². The van der Waals surface area contributed by atoms with E-state index in [4.69, 9.17) is 10.5 Å². The molecule has 0 aliphatic carbocycles. The van der Waals surface area contributed by atoms with Crippen molar-refractivity contribution in [1.29, 1.82) is 0 Å². The van der Waals surface area contributed by atoms with Gasteiger partial charge in [0.05, 0.1) is 11.7 Å². The molecule has 14 heavy (non-hydrogen) atoms. The first-order valence-electron chi connectivity index (χ1n) is 4.28. The van der Waals surface area contributed by atoms with E-state index in [0.717, 1.165) is 12.1 Å². The van der Waals surface area contributed by atoms with Crippen LogP contribution < -0.4 is 15.8 Å². The van der Waals surface area contributed by atoms with Gasteiger partial charge >= 0.3 is 0 Å². The minimum atomic E-state index is -0.916. The Morgan fingerprint density at radius 2 is 2.07 bits per heavy atom. The van der Waals surface area contributed by atoms with Crippen molar-refractivity contribution < 1.29 is 13.5 Å². The van der Waals surface area contributed by atoms with Crippen LogP contribution in [-0.4, -0.2) is 19.2 Å². The zero-order valence-corrected chi connectivity index (χ0v) is 7.39. The van der Waals surface area contributed by atoms with Crippen molar-refractivity contribution in [2.45, 2.75) is 6.04 Å². The fourth-order valence-corrected chi connectivity index (χ4v) is 1.28. The van der Waals surface area contributed by atoms with Crippen LogP contribution in [0.2, 0.25) is 0 Å². The second-order valence-electron chi connectivity index (χ2n) is 3.21. The van der Waals surface area contributed by atoms with E-state index in [1.54, 1.807) is 0 Å². The summed E-state index contributed by atoms with van der Waals surface area (Å²) in [6, 6.07) is 1.92. The number of hydrogen-bond donors (Lipinski definition) is 2. The standard InChI is InChI=1S/C9H10F2N2O/c10-6-1-8-9(2-7(6)11)14-4-5(12)3-13-8/h1-2,5,13H,3-4,12H2. The fraction of sp³-hybridized carbons (Fsp3) is 0.333. The molecule has 1 aromatic carbocycles. The van der Waals surface area contributed by atoms with Gasteiger partial charge in [0.2, 0.25) is 0 Å². The highest BCUT2D eigenvalue weighted by atomic mass is 19.2. The van der Waals surface area contributed by atoms with Gasteiger partial charge < -0.3 is 15.8 Å². The van der Waals surface area contributed by atoms with Crippen LogP contribution in [0.25, 0.3) is 0 Å². The smallest absolute Gasteiger partial charge is 0.162 e. The molecule has 1 heterocycles. The summed E-state index contributed by atoms with van der Waals surface area (Å²) in [4.78, 5) is 0. The molecule has 1 aromatic rings. The molecule has 1 aliphatic rings. The average Bonchev–Trinajstić information content (AvgIpc) is 2.31. The highest BCUT2D eigenvalue weighted by Crippen LogP contribution is 2.28. The molecule has 0 saturated carbocycles. The predicted molar refractivity (Wildman–Crippen MR) is 48.3 cm³/mol. The number of nitrogens with one attached hydrogen (secondary N) is 1. The molecular weight excluding hydrogens is 190 g/mol. The first-order chi connectivity index (χ1) is 6.66. The number of rotatable bonds is 0. The van der Waals surface area contributed by atoms with Gasteiger partial charge in [0.1, 0.15) is 12.4 Å². The molecule has 0 saturated heterocycles. The molecular formula is C9H10F2N2O.